The normalized spacial score (nSPS) is 10.9. The van der Waals surface area contributed by atoms with Gasteiger partial charge in [0.15, 0.2) is 0 Å². The second kappa shape index (κ2) is 8.42. The number of halogens is 4. The summed E-state index contributed by atoms with van der Waals surface area (Å²) in [5.74, 6) is 0. The molecule has 4 aromatic rings. The highest BCUT2D eigenvalue weighted by atomic mass is 35.5. The van der Waals surface area contributed by atoms with Crippen LogP contribution < -0.4 is 10.6 Å². The Morgan fingerprint density at radius 3 is 2.21 bits per heavy atom. The lowest BCUT2D eigenvalue weighted by molar-refractivity contribution is 0.262. The first kappa shape index (κ1) is 20.3. The summed E-state index contributed by atoms with van der Waals surface area (Å²) < 4.78 is 0.968. The number of fused-ring (bicyclic) bond motifs is 1. The molecule has 0 saturated carbocycles. The minimum atomic E-state index is -0.467. The molecule has 0 saturated heterocycles. The van der Waals surface area contributed by atoms with Crippen LogP contribution in [0.4, 0.5) is 15.5 Å². The van der Waals surface area contributed by atoms with Crippen molar-refractivity contribution in [3.8, 4) is 11.1 Å². The summed E-state index contributed by atoms with van der Waals surface area (Å²) in [6, 6.07) is 17.6. The molecule has 0 bridgehead atoms. The van der Waals surface area contributed by atoms with Crippen molar-refractivity contribution in [1.82, 2.24) is 0 Å². The van der Waals surface area contributed by atoms with Crippen LogP contribution in [-0.4, -0.2) is 6.03 Å². The molecule has 8 heteroatoms. The summed E-state index contributed by atoms with van der Waals surface area (Å²) in [6.45, 7) is 0. The van der Waals surface area contributed by atoms with Crippen LogP contribution in [0, 0.1) is 0 Å². The minimum absolute atomic E-state index is 0.344. The predicted octanol–water partition coefficient (Wildman–Crippen LogP) is 8.83. The molecule has 146 valence electrons. The summed E-state index contributed by atoms with van der Waals surface area (Å²) in [7, 11) is 0. The zero-order valence-electron chi connectivity index (χ0n) is 14.6. The van der Waals surface area contributed by atoms with E-state index in [9.17, 15) is 4.79 Å². The summed E-state index contributed by atoms with van der Waals surface area (Å²) >= 11 is 26.4. The Labute approximate surface area is 191 Å². The first-order valence-corrected chi connectivity index (χ1v) is 10.8. The maximum Gasteiger partial charge on any atom is 0.324 e. The molecule has 2 N–H and O–H groups in total. The third kappa shape index (κ3) is 4.18. The van der Waals surface area contributed by atoms with Crippen LogP contribution in [0.3, 0.4) is 0 Å². The minimum Gasteiger partial charge on any atom is -0.305 e. The van der Waals surface area contributed by atoms with Gasteiger partial charge in [-0.1, -0.05) is 70.7 Å². The van der Waals surface area contributed by atoms with Gasteiger partial charge < -0.3 is 5.32 Å². The van der Waals surface area contributed by atoms with E-state index in [1.165, 1.54) is 11.3 Å². The Kier molecular flexibility index (Phi) is 5.91. The van der Waals surface area contributed by atoms with Crippen LogP contribution in [0.25, 0.3) is 21.2 Å². The van der Waals surface area contributed by atoms with Gasteiger partial charge in [0.25, 0.3) is 0 Å². The van der Waals surface area contributed by atoms with Gasteiger partial charge in [0, 0.05) is 31.3 Å². The lowest BCUT2D eigenvalue weighted by Crippen LogP contribution is -2.19. The summed E-state index contributed by atoms with van der Waals surface area (Å²) in [5.41, 5.74) is 1.95. The first-order chi connectivity index (χ1) is 13.9. The van der Waals surface area contributed by atoms with E-state index in [1.54, 1.807) is 24.3 Å². The largest absolute Gasteiger partial charge is 0.324 e. The highest BCUT2D eigenvalue weighted by molar-refractivity contribution is 7.23. The Bertz CT molecular complexity index is 1220. The number of amides is 2. The van der Waals surface area contributed by atoms with E-state index in [4.69, 9.17) is 46.4 Å². The van der Waals surface area contributed by atoms with Crippen LogP contribution in [-0.2, 0) is 0 Å². The molecule has 0 atom stereocenters. The van der Waals surface area contributed by atoms with E-state index in [1.807, 2.05) is 36.4 Å². The maximum atomic E-state index is 12.7. The van der Waals surface area contributed by atoms with Gasteiger partial charge in [-0.05, 0) is 36.4 Å². The molecule has 1 aromatic heterocycles. The predicted molar refractivity (Wildman–Crippen MR) is 126 cm³/mol. The van der Waals surface area contributed by atoms with E-state index >= 15 is 0 Å². The van der Waals surface area contributed by atoms with E-state index in [2.05, 4.69) is 10.6 Å². The molecule has 0 aliphatic rings. The van der Waals surface area contributed by atoms with Gasteiger partial charge in [-0.3, -0.25) is 5.32 Å². The molecule has 0 aliphatic heterocycles. The SMILES string of the molecule is O=C(Nc1sc2ccc(Cl)cc2c1-c1ccccc1Cl)Nc1c(Cl)cccc1Cl. The number of rotatable bonds is 3. The fourth-order valence-electron chi connectivity index (χ4n) is 2.95. The van der Waals surface area contributed by atoms with Crippen LogP contribution in [0.5, 0.6) is 0 Å². The summed E-state index contributed by atoms with van der Waals surface area (Å²) in [5, 5.41) is 9.02. The number of thiophene rings is 1. The first-order valence-electron chi connectivity index (χ1n) is 8.43. The van der Waals surface area contributed by atoms with Crippen molar-refractivity contribution in [3.63, 3.8) is 0 Å². The number of anilines is 2. The average molecular weight is 482 g/mol. The molecule has 1 heterocycles. The molecule has 2 amide bonds. The average Bonchev–Trinajstić information content (AvgIpc) is 3.02. The van der Waals surface area contributed by atoms with E-state index < -0.39 is 6.03 Å². The van der Waals surface area contributed by atoms with Gasteiger partial charge >= 0.3 is 6.03 Å². The quantitative estimate of drug-likeness (QED) is 0.301. The van der Waals surface area contributed by atoms with E-state index in [0.29, 0.717) is 30.8 Å². The van der Waals surface area contributed by atoms with Crippen molar-refractivity contribution in [2.45, 2.75) is 0 Å². The van der Waals surface area contributed by atoms with Gasteiger partial charge in [0.2, 0.25) is 0 Å². The number of hydrogen-bond donors (Lipinski definition) is 2. The van der Waals surface area contributed by atoms with Crippen molar-refractivity contribution in [3.05, 3.63) is 80.8 Å². The molecule has 4 rings (SSSR count). The Morgan fingerprint density at radius 2 is 1.48 bits per heavy atom. The van der Waals surface area contributed by atoms with Gasteiger partial charge in [-0.25, -0.2) is 4.79 Å². The number of hydrogen-bond acceptors (Lipinski definition) is 2. The van der Waals surface area contributed by atoms with Crippen molar-refractivity contribution < 1.29 is 4.79 Å². The van der Waals surface area contributed by atoms with E-state index in [0.717, 1.165) is 21.2 Å². The maximum absolute atomic E-state index is 12.7. The van der Waals surface area contributed by atoms with Crippen LogP contribution >= 0.6 is 57.7 Å². The molecule has 3 nitrogen and oxygen atoms in total. The topological polar surface area (TPSA) is 41.1 Å². The monoisotopic (exact) mass is 480 g/mol. The van der Waals surface area contributed by atoms with Crippen molar-refractivity contribution in [1.29, 1.82) is 0 Å². The Balaban J connectivity index is 1.77. The molecule has 0 aliphatic carbocycles. The third-order valence-electron chi connectivity index (χ3n) is 4.22. The van der Waals surface area contributed by atoms with Crippen molar-refractivity contribution >= 4 is 84.5 Å². The number of carbonyl (C=O) groups excluding carboxylic acids is 1. The number of benzene rings is 3. The lowest BCUT2D eigenvalue weighted by Gasteiger charge is -2.12. The van der Waals surface area contributed by atoms with Gasteiger partial charge in [-0.2, -0.15) is 0 Å². The molecular formula is C21H12Cl4N2OS. The summed E-state index contributed by atoms with van der Waals surface area (Å²) in [4.78, 5) is 12.7. The Morgan fingerprint density at radius 1 is 0.793 bits per heavy atom. The number of urea groups is 1. The molecular weight excluding hydrogens is 470 g/mol. The van der Waals surface area contributed by atoms with Crippen LogP contribution in [0.1, 0.15) is 0 Å². The molecule has 0 fully saturated rings. The standard InChI is InChI=1S/C21H12Cl4N2OS/c22-11-8-9-17-13(10-11)18(12-4-1-2-5-14(12)23)20(29-17)27-21(28)26-19-15(24)6-3-7-16(19)25/h1-10H,(H2,26,27,28). The molecule has 0 unspecified atom stereocenters. The molecule has 29 heavy (non-hydrogen) atoms. The molecule has 0 radical (unpaired) electrons. The second-order valence-corrected chi connectivity index (χ2v) is 8.81. The molecule has 3 aromatic carbocycles. The van der Waals surface area contributed by atoms with Crippen LogP contribution in [0.2, 0.25) is 20.1 Å². The zero-order chi connectivity index (χ0) is 20.5. The van der Waals surface area contributed by atoms with Gasteiger partial charge in [-0.15, -0.1) is 11.3 Å². The summed E-state index contributed by atoms with van der Waals surface area (Å²) in [6.07, 6.45) is 0. The lowest BCUT2D eigenvalue weighted by atomic mass is 10.0. The van der Waals surface area contributed by atoms with Crippen molar-refractivity contribution in [2.24, 2.45) is 0 Å². The van der Waals surface area contributed by atoms with Crippen LogP contribution in [0.15, 0.2) is 60.7 Å². The van der Waals surface area contributed by atoms with Gasteiger partial charge in [0.1, 0.15) is 5.00 Å². The highest BCUT2D eigenvalue weighted by Gasteiger charge is 2.19. The second-order valence-electron chi connectivity index (χ2n) is 6.10. The smallest absolute Gasteiger partial charge is 0.305 e. The number of para-hydroxylation sites is 1. The molecule has 0 spiro atoms. The van der Waals surface area contributed by atoms with E-state index in [-0.39, 0.29) is 0 Å². The fourth-order valence-corrected chi connectivity index (χ4v) is 4.94. The number of carbonyl (C=O) groups is 1. The zero-order valence-corrected chi connectivity index (χ0v) is 18.4. The Hall–Kier alpha value is -1.95. The van der Waals surface area contributed by atoms with Gasteiger partial charge in [0.05, 0.1) is 15.7 Å². The highest BCUT2D eigenvalue weighted by Crippen LogP contribution is 2.45. The van der Waals surface area contributed by atoms with Crippen molar-refractivity contribution in [2.75, 3.05) is 10.6 Å². The number of nitrogens with one attached hydrogen (secondary N) is 2. The third-order valence-corrected chi connectivity index (χ3v) is 6.50. The fraction of sp³-hybridized carbons (Fsp3) is 0.